The Bertz CT molecular complexity index is 1350. The summed E-state index contributed by atoms with van der Waals surface area (Å²) >= 11 is 0. The second-order valence-electron chi connectivity index (χ2n) is 9.01. The molecule has 1 aliphatic rings. The van der Waals surface area contributed by atoms with Gasteiger partial charge in [0.1, 0.15) is 5.75 Å². The van der Waals surface area contributed by atoms with E-state index in [1.165, 1.54) is 0 Å². The summed E-state index contributed by atoms with van der Waals surface area (Å²) < 4.78 is 5.57. The number of carbonyl (C=O) groups is 2. The van der Waals surface area contributed by atoms with E-state index in [4.69, 9.17) is 4.74 Å². The minimum absolute atomic E-state index is 0.0282. The molecule has 180 valence electrons. The van der Waals surface area contributed by atoms with E-state index >= 15 is 0 Å². The van der Waals surface area contributed by atoms with Gasteiger partial charge in [-0.1, -0.05) is 42.5 Å². The Kier molecular flexibility index (Phi) is 6.76. The van der Waals surface area contributed by atoms with Gasteiger partial charge in [0, 0.05) is 37.6 Å². The summed E-state index contributed by atoms with van der Waals surface area (Å²) in [6, 6.07) is 27.2. The molecule has 1 aliphatic carbocycles. The van der Waals surface area contributed by atoms with E-state index in [0.717, 1.165) is 40.7 Å². The molecule has 0 saturated heterocycles. The highest BCUT2D eigenvalue weighted by Crippen LogP contribution is 2.25. The van der Waals surface area contributed by atoms with Gasteiger partial charge in [-0.05, 0) is 83.1 Å². The Morgan fingerprint density at radius 2 is 1.50 bits per heavy atom. The van der Waals surface area contributed by atoms with E-state index in [0.29, 0.717) is 23.9 Å². The summed E-state index contributed by atoms with van der Waals surface area (Å²) in [4.78, 5) is 30.5. The summed E-state index contributed by atoms with van der Waals surface area (Å²) in [5, 5.41) is 3.00. The lowest BCUT2D eigenvalue weighted by Gasteiger charge is -2.17. The zero-order valence-corrected chi connectivity index (χ0v) is 20.1. The predicted octanol–water partition coefficient (Wildman–Crippen LogP) is 5.94. The summed E-state index contributed by atoms with van der Waals surface area (Å²) in [7, 11) is 1.72. The molecule has 0 aliphatic heterocycles. The van der Waals surface area contributed by atoms with E-state index in [9.17, 15) is 9.59 Å². The number of rotatable bonds is 7. The molecule has 36 heavy (non-hydrogen) atoms. The first-order valence-corrected chi connectivity index (χ1v) is 12.0. The van der Waals surface area contributed by atoms with Crippen LogP contribution in [0.5, 0.6) is 5.75 Å². The van der Waals surface area contributed by atoms with Crippen molar-refractivity contribution >= 4 is 12.0 Å². The molecule has 3 aromatic carbocycles. The van der Waals surface area contributed by atoms with E-state index < -0.39 is 6.09 Å². The molecule has 5 rings (SSSR count). The minimum Gasteiger partial charge on any atom is -0.410 e. The van der Waals surface area contributed by atoms with Crippen molar-refractivity contribution in [1.82, 2.24) is 15.2 Å². The van der Waals surface area contributed by atoms with Crippen LogP contribution >= 0.6 is 0 Å². The van der Waals surface area contributed by atoms with Crippen LogP contribution in [0.3, 0.4) is 0 Å². The molecule has 6 nitrogen and oxygen atoms in total. The van der Waals surface area contributed by atoms with Crippen LogP contribution in [-0.2, 0) is 6.54 Å². The van der Waals surface area contributed by atoms with Gasteiger partial charge in [0.15, 0.2) is 0 Å². The first-order chi connectivity index (χ1) is 17.5. The van der Waals surface area contributed by atoms with Gasteiger partial charge >= 0.3 is 6.09 Å². The van der Waals surface area contributed by atoms with E-state index in [2.05, 4.69) is 16.4 Å². The third-order valence-corrected chi connectivity index (χ3v) is 6.12. The fraction of sp³-hybridized carbons (Fsp3) is 0.167. The number of nitrogens with one attached hydrogen (secondary N) is 1. The molecule has 0 spiro atoms. The molecule has 1 heterocycles. The zero-order chi connectivity index (χ0) is 24.9. The van der Waals surface area contributed by atoms with Crippen LogP contribution in [0.4, 0.5) is 4.79 Å². The second kappa shape index (κ2) is 10.4. The SMILES string of the molecule is CN(Cc1cccc(-c2ccncc2)c1)C(=O)Oc1ccc(-c2ccc(C(=O)NC3CC3)cc2)cc1. The predicted molar refractivity (Wildman–Crippen MR) is 140 cm³/mol. The van der Waals surface area contributed by atoms with Crippen LogP contribution in [0.15, 0.2) is 97.3 Å². The smallest absolute Gasteiger partial charge is 0.410 e. The maximum absolute atomic E-state index is 12.7. The summed E-state index contributed by atoms with van der Waals surface area (Å²) in [5.41, 5.74) is 5.78. The van der Waals surface area contributed by atoms with Gasteiger partial charge in [-0.3, -0.25) is 9.78 Å². The molecule has 0 unspecified atom stereocenters. The van der Waals surface area contributed by atoms with Crippen molar-refractivity contribution in [3.8, 4) is 28.0 Å². The van der Waals surface area contributed by atoms with Crippen molar-refractivity contribution in [3.05, 3.63) is 108 Å². The first-order valence-electron chi connectivity index (χ1n) is 12.0. The van der Waals surface area contributed by atoms with Crippen molar-refractivity contribution in [3.63, 3.8) is 0 Å². The van der Waals surface area contributed by atoms with Gasteiger partial charge in [-0.25, -0.2) is 4.79 Å². The molecule has 0 bridgehead atoms. The van der Waals surface area contributed by atoms with Crippen LogP contribution in [0, 0.1) is 0 Å². The van der Waals surface area contributed by atoms with E-state index in [-0.39, 0.29) is 5.91 Å². The number of aromatic nitrogens is 1. The molecule has 4 aromatic rings. The maximum atomic E-state index is 12.7. The Balaban J connectivity index is 1.18. The van der Waals surface area contributed by atoms with E-state index in [1.807, 2.05) is 66.7 Å². The molecule has 0 radical (unpaired) electrons. The highest BCUT2D eigenvalue weighted by atomic mass is 16.6. The Hall–Kier alpha value is -4.45. The average Bonchev–Trinajstić information content (AvgIpc) is 3.74. The largest absolute Gasteiger partial charge is 0.415 e. The quantitative estimate of drug-likeness (QED) is 0.358. The third kappa shape index (κ3) is 5.78. The van der Waals surface area contributed by atoms with Gasteiger partial charge < -0.3 is 15.0 Å². The lowest BCUT2D eigenvalue weighted by atomic mass is 10.0. The number of amides is 2. The number of ether oxygens (including phenoxy) is 1. The normalized spacial score (nSPS) is 12.6. The zero-order valence-electron chi connectivity index (χ0n) is 20.1. The lowest BCUT2D eigenvalue weighted by Crippen LogP contribution is -2.29. The van der Waals surface area contributed by atoms with Crippen molar-refractivity contribution in [2.45, 2.75) is 25.4 Å². The van der Waals surface area contributed by atoms with Crippen LogP contribution < -0.4 is 10.1 Å². The molecular formula is C30H27N3O3. The highest BCUT2D eigenvalue weighted by Gasteiger charge is 2.23. The maximum Gasteiger partial charge on any atom is 0.415 e. The first kappa shape index (κ1) is 23.3. The summed E-state index contributed by atoms with van der Waals surface area (Å²) in [6.07, 6.45) is 5.23. The number of pyridine rings is 1. The molecule has 1 fully saturated rings. The lowest BCUT2D eigenvalue weighted by molar-refractivity contribution is 0.0951. The second-order valence-corrected chi connectivity index (χ2v) is 9.01. The van der Waals surface area contributed by atoms with Gasteiger partial charge in [0.05, 0.1) is 0 Å². The Morgan fingerprint density at radius 3 is 2.17 bits per heavy atom. The summed E-state index contributed by atoms with van der Waals surface area (Å²) in [5.74, 6) is 0.445. The monoisotopic (exact) mass is 477 g/mol. The molecule has 0 atom stereocenters. The van der Waals surface area contributed by atoms with Crippen molar-refractivity contribution in [2.75, 3.05) is 7.05 Å². The fourth-order valence-electron chi connectivity index (χ4n) is 3.94. The number of carbonyl (C=O) groups excluding carboxylic acids is 2. The van der Waals surface area contributed by atoms with Gasteiger partial charge in [0.2, 0.25) is 0 Å². The van der Waals surface area contributed by atoms with Gasteiger partial charge in [-0.2, -0.15) is 0 Å². The average molecular weight is 478 g/mol. The van der Waals surface area contributed by atoms with E-state index in [1.54, 1.807) is 36.5 Å². The van der Waals surface area contributed by atoms with Crippen LogP contribution in [0.2, 0.25) is 0 Å². The minimum atomic E-state index is -0.428. The Labute approximate surface area is 210 Å². The van der Waals surface area contributed by atoms with Crippen LogP contribution in [0.1, 0.15) is 28.8 Å². The molecule has 6 heteroatoms. The molecule has 2 amide bonds. The number of nitrogens with zero attached hydrogens (tertiary/aromatic N) is 2. The van der Waals surface area contributed by atoms with Crippen molar-refractivity contribution in [1.29, 1.82) is 0 Å². The summed E-state index contributed by atoms with van der Waals surface area (Å²) in [6.45, 7) is 0.427. The highest BCUT2D eigenvalue weighted by molar-refractivity contribution is 5.95. The fourth-order valence-corrected chi connectivity index (χ4v) is 3.94. The molecule has 1 N–H and O–H groups in total. The third-order valence-electron chi connectivity index (χ3n) is 6.12. The number of hydrogen-bond acceptors (Lipinski definition) is 4. The van der Waals surface area contributed by atoms with Gasteiger partial charge in [-0.15, -0.1) is 0 Å². The molecule has 1 aromatic heterocycles. The number of benzene rings is 3. The Morgan fingerprint density at radius 1 is 0.861 bits per heavy atom. The van der Waals surface area contributed by atoms with Crippen molar-refractivity contribution in [2.24, 2.45) is 0 Å². The van der Waals surface area contributed by atoms with Crippen LogP contribution in [0.25, 0.3) is 22.3 Å². The van der Waals surface area contributed by atoms with Gasteiger partial charge in [0.25, 0.3) is 5.91 Å². The molecule has 1 saturated carbocycles. The number of hydrogen-bond donors (Lipinski definition) is 1. The molecular weight excluding hydrogens is 450 g/mol. The topological polar surface area (TPSA) is 71.5 Å². The van der Waals surface area contributed by atoms with Crippen LogP contribution in [-0.4, -0.2) is 35.0 Å². The standard InChI is InChI=1S/C30H27N3O3/c1-33(20-21-3-2-4-26(19-21)24-15-17-31-18-16-24)30(35)36-28-13-9-23(10-14-28)22-5-7-25(8-6-22)29(34)32-27-11-12-27/h2-10,13-19,27H,11-12,20H2,1H3,(H,32,34). The van der Waals surface area contributed by atoms with Crippen molar-refractivity contribution < 1.29 is 14.3 Å².